The molecule has 4 N–H and O–H groups in total. The van der Waals surface area contributed by atoms with Gasteiger partial charge in [0.15, 0.2) is 6.29 Å². The molecule has 1 saturated heterocycles. The van der Waals surface area contributed by atoms with E-state index in [0.29, 0.717) is 13.0 Å². The summed E-state index contributed by atoms with van der Waals surface area (Å²) in [5, 5.41) is 26.5. The highest BCUT2D eigenvalue weighted by Gasteiger charge is 2.39. The maximum absolute atomic E-state index is 12.9. The van der Waals surface area contributed by atoms with Crippen LogP contribution in [-0.4, -0.2) is 66.0 Å². The van der Waals surface area contributed by atoms with Gasteiger partial charge < -0.3 is 35.1 Å². The Morgan fingerprint density at radius 3 is 2.11 bits per heavy atom. The van der Waals surface area contributed by atoms with Gasteiger partial charge in [0.05, 0.1) is 32.0 Å². The van der Waals surface area contributed by atoms with Crippen molar-refractivity contribution in [2.75, 3.05) is 20.7 Å². The first kappa shape index (κ1) is 41.3. The molecule has 7 atom stereocenters. The molecule has 298 valence electrons. The minimum atomic E-state index is -0.822. The Morgan fingerprint density at radius 2 is 1.44 bits per heavy atom. The predicted octanol–water partition coefficient (Wildman–Crippen LogP) is 7.27. The second kappa shape index (κ2) is 19.7. The topological polar surface area (TPSA) is 130 Å². The lowest BCUT2D eigenvalue weighted by Gasteiger charge is -2.43. The molecule has 10 nitrogen and oxygen atoms in total. The van der Waals surface area contributed by atoms with Crippen LogP contribution in [0.5, 0.6) is 0 Å². The lowest BCUT2D eigenvalue weighted by Crippen LogP contribution is -2.47. The number of ether oxygens (including phenoxy) is 3. The molecule has 0 saturated carbocycles. The predicted molar refractivity (Wildman–Crippen MR) is 220 cm³/mol. The zero-order valence-electron chi connectivity index (χ0n) is 33.0. The summed E-state index contributed by atoms with van der Waals surface area (Å²) < 4.78 is 18.4. The molecular formula is C47H53N3O7. The molecule has 0 radical (unpaired) electrons. The Kier molecular flexibility index (Phi) is 14.2. The summed E-state index contributed by atoms with van der Waals surface area (Å²) in [4.78, 5) is 27.4. The summed E-state index contributed by atoms with van der Waals surface area (Å²) in [6.07, 6.45) is -1.48. The van der Waals surface area contributed by atoms with Gasteiger partial charge in [-0.3, -0.25) is 4.90 Å². The number of amides is 2. The highest BCUT2D eigenvalue weighted by molar-refractivity contribution is 5.83. The van der Waals surface area contributed by atoms with E-state index in [1.165, 1.54) is 7.11 Å². The van der Waals surface area contributed by atoms with Gasteiger partial charge in [-0.2, -0.15) is 0 Å². The van der Waals surface area contributed by atoms with E-state index in [1.807, 2.05) is 147 Å². The largest absolute Gasteiger partial charge is 0.467 e. The molecule has 57 heavy (non-hydrogen) atoms. The molecule has 0 aromatic heterocycles. The lowest BCUT2D eigenvalue weighted by atomic mass is 9.89. The van der Waals surface area contributed by atoms with Crippen LogP contribution in [0.2, 0.25) is 0 Å². The fraction of sp³-hybridized carbons (Fsp3) is 0.319. The monoisotopic (exact) mass is 771 g/mol. The van der Waals surface area contributed by atoms with Gasteiger partial charge >= 0.3 is 12.0 Å². The number of aliphatic hydroxyl groups excluding tert-OH is 2. The number of carbonyl (C=O) groups is 2. The van der Waals surface area contributed by atoms with Gasteiger partial charge in [-0.1, -0.05) is 134 Å². The van der Waals surface area contributed by atoms with E-state index >= 15 is 0 Å². The second-order valence-corrected chi connectivity index (χ2v) is 14.8. The normalized spacial score (nSPS) is 19.6. The van der Waals surface area contributed by atoms with Gasteiger partial charge in [0, 0.05) is 37.0 Å². The molecule has 0 spiro atoms. The van der Waals surface area contributed by atoms with Crippen molar-refractivity contribution in [3.8, 4) is 11.1 Å². The molecular weight excluding hydrogens is 719 g/mol. The van der Waals surface area contributed by atoms with Crippen molar-refractivity contribution < 1.29 is 34.0 Å². The Labute approximate surface area is 335 Å². The molecule has 6 rings (SSSR count). The van der Waals surface area contributed by atoms with E-state index in [1.54, 1.807) is 0 Å². The van der Waals surface area contributed by atoms with Crippen LogP contribution in [0.3, 0.4) is 0 Å². The molecule has 5 aromatic carbocycles. The molecule has 0 unspecified atom stereocenters. The molecule has 2 amide bonds. The zero-order chi connectivity index (χ0) is 40.3. The summed E-state index contributed by atoms with van der Waals surface area (Å²) in [5.74, 6) is -0.529. The zero-order valence-corrected chi connectivity index (χ0v) is 33.0. The maximum Gasteiger partial charge on any atom is 0.328 e. The molecule has 1 heterocycles. The number of rotatable bonds is 15. The van der Waals surface area contributed by atoms with Crippen LogP contribution in [0.1, 0.15) is 65.7 Å². The first-order valence-electron chi connectivity index (χ1n) is 19.4. The van der Waals surface area contributed by atoms with Crippen molar-refractivity contribution in [2.45, 2.75) is 70.1 Å². The summed E-state index contributed by atoms with van der Waals surface area (Å²) >= 11 is 0. The second-order valence-electron chi connectivity index (χ2n) is 14.8. The van der Waals surface area contributed by atoms with Crippen molar-refractivity contribution >= 4 is 12.0 Å². The Morgan fingerprint density at radius 1 is 0.789 bits per heavy atom. The standard InChI is InChI=1S/C47H53N3O7/c1-31-42(29-50(3)32(2)43(52)37-15-9-6-10-16-37)56-46(57-44(31)38-20-18-34(30-51)19-21-38)39-24-22-36(23-25-39)40-17-11-14-35(26-40)28-48-47(54)49-41(45(53)55-4)27-33-12-7-5-8-13-33/h5-26,31-32,41-44,46,51-52H,27-30H2,1-4H3,(H2,48,49,54)/t31-,32-,41-,42+,43-,44+,46+/m0/s1. The van der Waals surface area contributed by atoms with Gasteiger partial charge in [0.1, 0.15) is 6.04 Å². The van der Waals surface area contributed by atoms with Gasteiger partial charge in [-0.05, 0) is 59.0 Å². The van der Waals surface area contributed by atoms with Crippen LogP contribution in [-0.2, 0) is 38.6 Å². The van der Waals surface area contributed by atoms with Crippen LogP contribution in [0.4, 0.5) is 4.79 Å². The van der Waals surface area contributed by atoms with E-state index in [2.05, 4.69) is 22.5 Å². The van der Waals surface area contributed by atoms with E-state index < -0.39 is 30.4 Å². The molecule has 5 aromatic rings. The van der Waals surface area contributed by atoms with E-state index in [-0.39, 0.29) is 37.3 Å². The first-order chi connectivity index (χ1) is 27.6. The van der Waals surface area contributed by atoms with Gasteiger partial charge in [0.25, 0.3) is 0 Å². The third-order valence-electron chi connectivity index (χ3n) is 10.9. The average molecular weight is 772 g/mol. The highest BCUT2D eigenvalue weighted by Crippen LogP contribution is 2.42. The van der Waals surface area contributed by atoms with E-state index in [9.17, 15) is 19.8 Å². The van der Waals surface area contributed by atoms with Crippen molar-refractivity contribution in [1.82, 2.24) is 15.5 Å². The third-order valence-corrected chi connectivity index (χ3v) is 10.9. The maximum atomic E-state index is 12.9. The molecule has 0 aliphatic carbocycles. The smallest absolute Gasteiger partial charge is 0.328 e. The summed E-state index contributed by atoms with van der Waals surface area (Å²) in [7, 11) is 3.32. The van der Waals surface area contributed by atoms with Gasteiger partial charge in [-0.25, -0.2) is 9.59 Å². The van der Waals surface area contributed by atoms with Gasteiger partial charge in [0.2, 0.25) is 0 Å². The van der Waals surface area contributed by atoms with Gasteiger partial charge in [-0.15, -0.1) is 0 Å². The number of benzene rings is 5. The van der Waals surface area contributed by atoms with Crippen LogP contribution in [0.15, 0.2) is 133 Å². The molecule has 0 bridgehead atoms. The number of methoxy groups -OCH3 is 1. The highest BCUT2D eigenvalue weighted by atomic mass is 16.7. The van der Waals surface area contributed by atoms with E-state index in [4.69, 9.17) is 14.2 Å². The number of hydrogen-bond donors (Lipinski definition) is 4. The molecule has 10 heteroatoms. The third kappa shape index (κ3) is 10.7. The number of urea groups is 1. The van der Waals surface area contributed by atoms with Crippen LogP contribution in [0.25, 0.3) is 11.1 Å². The summed E-state index contributed by atoms with van der Waals surface area (Å²) in [5.41, 5.74) is 7.35. The lowest BCUT2D eigenvalue weighted by molar-refractivity contribution is -0.276. The number of hydrogen-bond acceptors (Lipinski definition) is 8. The van der Waals surface area contributed by atoms with Crippen LogP contribution >= 0.6 is 0 Å². The van der Waals surface area contributed by atoms with Crippen molar-refractivity contribution in [1.29, 1.82) is 0 Å². The van der Waals surface area contributed by atoms with E-state index in [0.717, 1.165) is 44.5 Å². The summed E-state index contributed by atoms with van der Waals surface area (Å²) in [6, 6.07) is 41.6. The number of carbonyl (C=O) groups excluding carboxylic acids is 2. The number of aliphatic hydroxyl groups is 2. The SMILES string of the molecule is COC(=O)[C@H](Cc1ccccc1)NC(=O)NCc1cccc(-c2ccc([C@@H]3O[C@H](CN(C)[C@@H](C)[C@H](O)c4ccccc4)[C@H](C)[C@H](c4ccc(CO)cc4)O3)cc2)c1. The van der Waals surface area contributed by atoms with Crippen molar-refractivity contribution in [2.24, 2.45) is 5.92 Å². The Balaban J connectivity index is 1.13. The fourth-order valence-corrected chi connectivity index (χ4v) is 7.22. The number of nitrogens with one attached hydrogen (secondary N) is 2. The Hall–Kier alpha value is -5.36. The number of likely N-dealkylation sites (N-methyl/N-ethyl adjacent to an activating group) is 1. The minimum Gasteiger partial charge on any atom is -0.467 e. The fourth-order valence-electron chi connectivity index (χ4n) is 7.22. The van der Waals surface area contributed by atoms with Crippen molar-refractivity contribution in [3.05, 3.63) is 167 Å². The quantitative estimate of drug-likeness (QED) is 0.0819. The number of nitrogens with zero attached hydrogens (tertiary/aromatic N) is 1. The van der Waals surface area contributed by atoms with Crippen LogP contribution < -0.4 is 10.6 Å². The van der Waals surface area contributed by atoms with Crippen LogP contribution in [0, 0.1) is 5.92 Å². The van der Waals surface area contributed by atoms with Crippen molar-refractivity contribution in [3.63, 3.8) is 0 Å². The first-order valence-corrected chi connectivity index (χ1v) is 19.4. The average Bonchev–Trinajstić information content (AvgIpc) is 3.26. The number of esters is 1. The molecule has 1 fully saturated rings. The minimum absolute atomic E-state index is 0.0161. The summed E-state index contributed by atoms with van der Waals surface area (Å²) in [6.45, 7) is 4.96. The Bertz CT molecular complexity index is 2030. The molecule has 1 aliphatic heterocycles. The molecule has 1 aliphatic rings.